The molecule has 10 heavy (non-hydrogen) atoms. The van der Waals surface area contributed by atoms with E-state index in [1.54, 1.807) is 24.3 Å². The maximum Gasteiger partial charge on any atom is 0.113 e. The lowest BCUT2D eigenvalue weighted by atomic mass is 10.2. The van der Waals surface area contributed by atoms with E-state index in [-0.39, 0.29) is 6.61 Å². The Labute approximate surface area is 58.3 Å². The summed E-state index contributed by atoms with van der Waals surface area (Å²) in [7, 11) is 0. The fraction of sp³-hybridized carbons (Fsp3) is 0.143. The van der Waals surface area contributed by atoms with Gasteiger partial charge in [-0.3, -0.25) is 0 Å². The number of benzene rings is 1. The van der Waals surface area contributed by atoms with Crippen molar-refractivity contribution in [3.8, 4) is 0 Å². The van der Waals surface area contributed by atoms with Crippen LogP contribution in [0.2, 0.25) is 0 Å². The fourth-order valence-corrected chi connectivity index (χ4v) is 0.734. The number of nitroso groups, excluding NO2 is 1. The highest BCUT2D eigenvalue weighted by Gasteiger charge is 1.97. The molecule has 1 aromatic rings. The Hall–Kier alpha value is -1.22. The van der Waals surface area contributed by atoms with Crippen molar-refractivity contribution in [2.24, 2.45) is 5.18 Å². The number of aliphatic hydroxyl groups excluding tert-OH is 1. The van der Waals surface area contributed by atoms with Crippen LogP contribution in [0.5, 0.6) is 0 Å². The largest absolute Gasteiger partial charge is 0.392 e. The zero-order valence-electron chi connectivity index (χ0n) is 5.32. The first-order chi connectivity index (χ1) is 4.88. The van der Waals surface area contributed by atoms with Crippen LogP contribution in [-0.2, 0) is 6.61 Å². The lowest BCUT2D eigenvalue weighted by Gasteiger charge is -1.95. The van der Waals surface area contributed by atoms with Gasteiger partial charge in [-0.1, -0.05) is 18.2 Å². The number of aliphatic hydroxyl groups is 1. The summed E-state index contributed by atoms with van der Waals surface area (Å²) in [5.74, 6) is 0. The van der Waals surface area contributed by atoms with Gasteiger partial charge in [-0.25, -0.2) is 0 Å². The van der Waals surface area contributed by atoms with E-state index in [4.69, 9.17) is 5.11 Å². The highest BCUT2D eigenvalue weighted by molar-refractivity contribution is 5.44. The normalized spacial score (nSPS) is 9.30. The van der Waals surface area contributed by atoms with Crippen LogP contribution in [0.4, 0.5) is 5.69 Å². The zero-order chi connectivity index (χ0) is 7.40. The molecule has 3 nitrogen and oxygen atoms in total. The minimum Gasteiger partial charge on any atom is -0.392 e. The molecule has 3 heteroatoms. The lowest BCUT2D eigenvalue weighted by molar-refractivity contribution is 0.282. The molecule has 0 unspecified atom stereocenters. The second kappa shape index (κ2) is 3.08. The maximum atomic E-state index is 10.0. The first kappa shape index (κ1) is 6.89. The summed E-state index contributed by atoms with van der Waals surface area (Å²) in [4.78, 5) is 10.0. The Balaban J connectivity index is 3.08. The van der Waals surface area contributed by atoms with E-state index < -0.39 is 0 Å². The van der Waals surface area contributed by atoms with Crippen molar-refractivity contribution >= 4 is 5.69 Å². The molecule has 0 saturated heterocycles. The molecule has 0 spiro atoms. The molecule has 1 N–H and O–H groups in total. The molecule has 0 saturated carbocycles. The number of hydrogen-bond donors (Lipinski definition) is 1. The van der Waals surface area contributed by atoms with Crippen LogP contribution >= 0.6 is 0 Å². The van der Waals surface area contributed by atoms with Crippen LogP contribution in [0.1, 0.15) is 5.56 Å². The van der Waals surface area contributed by atoms with Crippen LogP contribution in [0.25, 0.3) is 0 Å². The van der Waals surface area contributed by atoms with Crippen molar-refractivity contribution in [1.29, 1.82) is 0 Å². The van der Waals surface area contributed by atoms with Crippen LogP contribution < -0.4 is 0 Å². The highest BCUT2D eigenvalue weighted by Crippen LogP contribution is 2.16. The first-order valence-corrected chi connectivity index (χ1v) is 2.90. The van der Waals surface area contributed by atoms with Crippen molar-refractivity contribution in [1.82, 2.24) is 0 Å². The van der Waals surface area contributed by atoms with E-state index in [2.05, 4.69) is 5.18 Å². The van der Waals surface area contributed by atoms with Gasteiger partial charge in [0.2, 0.25) is 0 Å². The third kappa shape index (κ3) is 1.19. The van der Waals surface area contributed by atoms with Gasteiger partial charge in [-0.05, 0) is 11.2 Å². The minimum absolute atomic E-state index is 0.137. The topological polar surface area (TPSA) is 49.7 Å². The van der Waals surface area contributed by atoms with Crippen LogP contribution in [0.3, 0.4) is 0 Å². The van der Waals surface area contributed by atoms with Crippen LogP contribution in [0.15, 0.2) is 29.4 Å². The molecular weight excluding hydrogens is 130 g/mol. The summed E-state index contributed by atoms with van der Waals surface area (Å²) in [5, 5.41) is 11.4. The van der Waals surface area contributed by atoms with Crippen molar-refractivity contribution < 1.29 is 5.11 Å². The van der Waals surface area contributed by atoms with E-state index in [1.165, 1.54) is 0 Å². The summed E-state index contributed by atoms with van der Waals surface area (Å²) in [6, 6.07) is 6.69. The third-order valence-corrected chi connectivity index (χ3v) is 1.26. The standard InChI is InChI=1S/C7H7NO2/c9-5-6-3-1-2-4-7(6)8-10/h1-4,9H,5H2. The van der Waals surface area contributed by atoms with Crippen molar-refractivity contribution in [2.45, 2.75) is 6.61 Å². The van der Waals surface area contributed by atoms with Gasteiger partial charge in [0.1, 0.15) is 5.69 Å². The van der Waals surface area contributed by atoms with Crippen LogP contribution in [-0.4, -0.2) is 5.11 Å². The fourth-order valence-electron chi connectivity index (χ4n) is 0.734. The molecule has 0 radical (unpaired) electrons. The van der Waals surface area contributed by atoms with Gasteiger partial charge in [-0.15, -0.1) is 4.91 Å². The van der Waals surface area contributed by atoms with Gasteiger partial charge in [0.25, 0.3) is 0 Å². The molecule has 0 fully saturated rings. The van der Waals surface area contributed by atoms with Gasteiger partial charge in [0, 0.05) is 5.56 Å². The minimum atomic E-state index is -0.137. The first-order valence-electron chi connectivity index (χ1n) is 2.90. The summed E-state index contributed by atoms with van der Waals surface area (Å²) in [6.07, 6.45) is 0. The molecule has 0 bridgehead atoms. The average molecular weight is 137 g/mol. The van der Waals surface area contributed by atoms with Gasteiger partial charge in [0.05, 0.1) is 6.61 Å². The predicted molar refractivity (Wildman–Crippen MR) is 37.8 cm³/mol. The van der Waals surface area contributed by atoms with Gasteiger partial charge >= 0.3 is 0 Å². The van der Waals surface area contributed by atoms with Gasteiger partial charge in [0.15, 0.2) is 0 Å². The summed E-state index contributed by atoms with van der Waals surface area (Å²) in [6.45, 7) is -0.137. The van der Waals surface area contributed by atoms with Crippen LogP contribution in [0, 0.1) is 4.91 Å². The van der Waals surface area contributed by atoms with Gasteiger partial charge < -0.3 is 5.11 Å². The molecule has 0 aliphatic heterocycles. The molecule has 0 aliphatic carbocycles. The third-order valence-electron chi connectivity index (χ3n) is 1.26. The van der Waals surface area contributed by atoms with E-state index in [0.717, 1.165) is 0 Å². The Bertz CT molecular complexity index is 235. The number of rotatable bonds is 2. The zero-order valence-corrected chi connectivity index (χ0v) is 5.32. The number of hydrogen-bond acceptors (Lipinski definition) is 3. The van der Waals surface area contributed by atoms with Crippen molar-refractivity contribution in [3.63, 3.8) is 0 Å². The highest BCUT2D eigenvalue weighted by atomic mass is 16.3. The summed E-state index contributed by atoms with van der Waals surface area (Å²) >= 11 is 0. The van der Waals surface area contributed by atoms with E-state index in [1.807, 2.05) is 0 Å². The molecular formula is C7H7NO2. The van der Waals surface area contributed by atoms with E-state index in [9.17, 15) is 4.91 Å². The predicted octanol–water partition coefficient (Wildman–Crippen LogP) is 1.58. The maximum absolute atomic E-state index is 10.0. The molecule has 1 aromatic carbocycles. The smallest absolute Gasteiger partial charge is 0.113 e. The average Bonchev–Trinajstić information content (AvgIpc) is 2.04. The van der Waals surface area contributed by atoms with E-state index in [0.29, 0.717) is 11.3 Å². The Morgan fingerprint density at radius 2 is 2.10 bits per heavy atom. The molecule has 0 aliphatic rings. The van der Waals surface area contributed by atoms with Crippen molar-refractivity contribution in [3.05, 3.63) is 34.7 Å². The monoisotopic (exact) mass is 137 g/mol. The molecule has 1 rings (SSSR count). The Morgan fingerprint density at radius 3 is 2.60 bits per heavy atom. The second-order valence-corrected chi connectivity index (χ2v) is 1.88. The molecule has 0 atom stereocenters. The molecule has 0 heterocycles. The van der Waals surface area contributed by atoms with E-state index >= 15 is 0 Å². The Kier molecular flexibility index (Phi) is 2.12. The number of nitrogens with zero attached hydrogens (tertiary/aromatic N) is 1. The molecule has 52 valence electrons. The van der Waals surface area contributed by atoms with Gasteiger partial charge in [-0.2, -0.15) is 0 Å². The second-order valence-electron chi connectivity index (χ2n) is 1.88. The SMILES string of the molecule is O=Nc1ccccc1CO. The Morgan fingerprint density at radius 1 is 1.40 bits per heavy atom. The summed E-state index contributed by atoms with van der Waals surface area (Å²) < 4.78 is 0. The summed E-state index contributed by atoms with van der Waals surface area (Å²) in [5.41, 5.74) is 0.877. The molecule has 0 aromatic heterocycles. The lowest BCUT2D eigenvalue weighted by Crippen LogP contribution is -1.81. The quantitative estimate of drug-likeness (QED) is 0.629. The van der Waals surface area contributed by atoms with Crippen molar-refractivity contribution in [2.75, 3.05) is 0 Å². The molecule has 0 amide bonds.